The van der Waals surface area contributed by atoms with E-state index in [2.05, 4.69) is 9.82 Å². The molecule has 1 aromatic carbocycles. The number of fused-ring (bicyclic) bond motifs is 3. The summed E-state index contributed by atoms with van der Waals surface area (Å²) in [5.41, 5.74) is 1.48. The number of imidazole rings is 1. The van der Waals surface area contributed by atoms with E-state index >= 15 is 0 Å². The minimum atomic E-state index is -3.69. The number of rotatable bonds is 1. The van der Waals surface area contributed by atoms with Crippen LogP contribution in [0.1, 0.15) is 5.82 Å². The fourth-order valence-electron chi connectivity index (χ4n) is 1.62. The summed E-state index contributed by atoms with van der Waals surface area (Å²) in [6, 6.07) is 4.63. The van der Waals surface area contributed by atoms with Crippen molar-refractivity contribution in [2.75, 3.05) is 4.83 Å². The second-order valence-corrected chi connectivity index (χ2v) is 6.66. The Morgan fingerprint density at radius 2 is 2.31 bits per heavy atom. The molecule has 1 aliphatic rings. The molecule has 84 valence electrons. The molecule has 0 radical (unpaired) electrons. The van der Waals surface area contributed by atoms with E-state index in [-0.39, 0.29) is 4.90 Å². The summed E-state index contributed by atoms with van der Waals surface area (Å²) in [7, 11) is 1.60. The van der Waals surface area contributed by atoms with Gasteiger partial charge in [0.1, 0.15) is 5.82 Å². The SMILES string of the molecule is O=S(=O)(Cl)c1ccc2nc3n(c2c1)NSC3. The van der Waals surface area contributed by atoms with Crippen LogP contribution in [-0.2, 0) is 14.8 Å². The average molecular weight is 276 g/mol. The molecule has 0 spiro atoms. The molecule has 0 bridgehead atoms. The average Bonchev–Trinajstić information content (AvgIpc) is 2.74. The summed E-state index contributed by atoms with van der Waals surface area (Å²) in [5, 5.41) is 0. The number of nitrogens with one attached hydrogen (secondary N) is 1. The number of nitrogens with zero attached hydrogens (tertiary/aromatic N) is 2. The smallest absolute Gasteiger partial charge is 0.261 e. The first-order valence-corrected chi connectivity index (χ1v) is 7.69. The molecule has 0 saturated heterocycles. The lowest BCUT2D eigenvalue weighted by atomic mass is 10.3. The zero-order valence-corrected chi connectivity index (χ0v) is 10.2. The fourth-order valence-corrected chi connectivity index (χ4v) is 3.11. The van der Waals surface area contributed by atoms with Crippen LogP contribution in [0, 0.1) is 0 Å². The molecule has 0 atom stereocenters. The molecule has 0 aliphatic carbocycles. The Morgan fingerprint density at radius 1 is 1.50 bits per heavy atom. The van der Waals surface area contributed by atoms with Gasteiger partial charge in [-0.15, -0.1) is 0 Å². The van der Waals surface area contributed by atoms with Crippen molar-refractivity contribution in [1.82, 2.24) is 9.66 Å². The van der Waals surface area contributed by atoms with Crippen LogP contribution in [-0.4, -0.2) is 18.1 Å². The first-order chi connectivity index (χ1) is 7.55. The topological polar surface area (TPSA) is 64.0 Å². The Morgan fingerprint density at radius 3 is 3.06 bits per heavy atom. The van der Waals surface area contributed by atoms with Crippen molar-refractivity contribution in [3.05, 3.63) is 24.0 Å². The van der Waals surface area contributed by atoms with Crippen LogP contribution in [0.4, 0.5) is 0 Å². The van der Waals surface area contributed by atoms with E-state index < -0.39 is 9.05 Å². The van der Waals surface area contributed by atoms with Gasteiger partial charge in [-0.3, -0.25) is 4.83 Å². The van der Waals surface area contributed by atoms with Gasteiger partial charge in [0.15, 0.2) is 0 Å². The second kappa shape index (κ2) is 3.28. The molecule has 0 fully saturated rings. The fraction of sp³-hybridized carbons (Fsp3) is 0.125. The first-order valence-electron chi connectivity index (χ1n) is 4.39. The quantitative estimate of drug-likeness (QED) is 0.634. The summed E-state index contributed by atoms with van der Waals surface area (Å²) in [6.07, 6.45) is 0. The van der Waals surface area contributed by atoms with Gasteiger partial charge in [0.05, 0.1) is 21.7 Å². The third kappa shape index (κ3) is 1.47. The van der Waals surface area contributed by atoms with Crippen molar-refractivity contribution in [3.8, 4) is 0 Å². The summed E-state index contributed by atoms with van der Waals surface area (Å²) >= 11 is 1.51. The van der Waals surface area contributed by atoms with Gasteiger partial charge in [-0.2, -0.15) is 0 Å². The highest BCUT2D eigenvalue weighted by Crippen LogP contribution is 2.27. The van der Waals surface area contributed by atoms with Crippen LogP contribution < -0.4 is 4.83 Å². The maximum Gasteiger partial charge on any atom is 0.261 e. The third-order valence-electron chi connectivity index (χ3n) is 2.33. The molecule has 0 saturated carbocycles. The summed E-state index contributed by atoms with van der Waals surface area (Å²) in [5.74, 6) is 1.64. The van der Waals surface area contributed by atoms with Crippen molar-refractivity contribution in [3.63, 3.8) is 0 Å². The molecule has 2 heterocycles. The van der Waals surface area contributed by atoms with Gasteiger partial charge in [-0.1, -0.05) is 0 Å². The Hall–Kier alpha value is -0.920. The van der Waals surface area contributed by atoms with Crippen LogP contribution >= 0.6 is 22.6 Å². The number of benzene rings is 1. The Labute approximate surface area is 100 Å². The van der Waals surface area contributed by atoms with Crippen molar-refractivity contribution in [2.45, 2.75) is 10.6 Å². The maximum absolute atomic E-state index is 11.2. The maximum atomic E-state index is 11.2. The normalized spacial score (nSPS) is 15.1. The Balaban J connectivity index is 2.32. The van der Waals surface area contributed by atoms with E-state index in [1.54, 1.807) is 10.7 Å². The van der Waals surface area contributed by atoms with Crippen molar-refractivity contribution < 1.29 is 8.42 Å². The van der Waals surface area contributed by atoms with E-state index in [0.717, 1.165) is 22.6 Å². The predicted molar refractivity (Wildman–Crippen MR) is 63.4 cm³/mol. The summed E-state index contributed by atoms with van der Waals surface area (Å²) < 4.78 is 24.2. The van der Waals surface area contributed by atoms with Crippen molar-refractivity contribution in [2.24, 2.45) is 0 Å². The van der Waals surface area contributed by atoms with Gasteiger partial charge in [0.2, 0.25) is 0 Å². The molecule has 3 rings (SSSR count). The van der Waals surface area contributed by atoms with Crippen molar-refractivity contribution in [1.29, 1.82) is 0 Å². The molecule has 0 amide bonds. The minimum Gasteiger partial charge on any atom is -0.266 e. The van der Waals surface area contributed by atoms with Crippen LogP contribution in [0.2, 0.25) is 0 Å². The Bertz CT molecular complexity index is 680. The molecule has 0 unspecified atom stereocenters. The second-order valence-electron chi connectivity index (χ2n) is 3.33. The van der Waals surface area contributed by atoms with Gasteiger partial charge in [-0.25, -0.2) is 18.1 Å². The largest absolute Gasteiger partial charge is 0.266 e. The summed E-state index contributed by atoms with van der Waals surface area (Å²) in [6.45, 7) is 0. The van der Waals surface area contributed by atoms with E-state index in [1.165, 1.54) is 24.1 Å². The Kier molecular flexibility index (Phi) is 2.10. The van der Waals surface area contributed by atoms with E-state index in [4.69, 9.17) is 10.7 Å². The van der Waals surface area contributed by atoms with Crippen LogP contribution in [0.15, 0.2) is 23.1 Å². The van der Waals surface area contributed by atoms with Crippen LogP contribution in [0.5, 0.6) is 0 Å². The molecule has 16 heavy (non-hydrogen) atoms. The molecule has 5 nitrogen and oxygen atoms in total. The molecule has 1 aromatic heterocycles. The van der Waals surface area contributed by atoms with E-state index in [9.17, 15) is 8.42 Å². The predicted octanol–water partition coefficient (Wildman–Crippen LogP) is 1.67. The summed E-state index contributed by atoms with van der Waals surface area (Å²) in [4.78, 5) is 7.48. The lowest BCUT2D eigenvalue weighted by Crippen LogP contribution is -2.01. The molecule has 2 aromatic rings. The van der Waals surface area contributed by atoms with E-state index in [1.807, 2.05) is 0 Å². The van der Waals surface area contributed by atoms with Gasteiger partial charge in [0, 0.05) is 10.7 Å². The molecule has 1 N–H and O–H groups in total. The van der Waals surface area contributed by atoms with E-state index in [0.29, 0.717) is 0 Å². The van der Waals surface area contributed by atoms with Crippen LogP contribution in [0.25, 0.3) is 11.0 Å². The highest BCUT2D eigenvalue weighted by atomic mass is 35.7. The number of hydrogen-bond acceptors (Lipinski definition) is 5. The lowest BCUT2D eigenvalue weighted by Gasteiger charge is -2.01. The lowest BCUT2D eigenvalue weighted by molar-refractivity contribution is 0.609. The van der Waals surface area contributed by atoms with Gasteiger partial charge in [0.25, 0.3) is 9.05 Å². The minimum absolute atomic E-state index is 0.0862. The molecule has 1 aliphatic heterocycles. The zero-order chi connectivity index (χ0) is 11.3. The standard InChI is InChI=1S/C8H6ClN3O2S2/c9-16(13,14)5-1-2-6-7(3-5)12-8(10-6)4-15-11-12/h1-3,11H,4H2. The zero-order valence-electron chi connectivity index (χ0n) is 7.84. The van der Waals surface area contributed by atoms with Crippen molar-refractivity contribution >= 4 is 42.7 Å². The number of halogens is 1. The van der Waals surface area contributed by atoms with Gasteiger partial charge in [-0.05, 0) is 30.1 Å². The number of hydrogen-bond donors (Lipinski definition) is 1. The molecular formula is C8H6ClN3O2S2. The highest BCUT2D eigenvalue weighted by Gasteiger charge is 2.18. The third-order valence-corrected chi connectivity index (χ3v) is 4.40. The van der Waals surface area contributed by atoms with Gasteiger partial charge >= 0.3 is 0 Å². The monoisotopic (exact) mass is 275 g/mol. The van der Waals surface area contributed by atoms with Crippen LogP contribution in [0.3, 0.4) is 0 Å². The number of aromatic nitrogens is 2. The highest BCUT2D eigenvalue weighted by molar-refractivity contribution is 8.13. The first kappa shape index (κ1) is 10.2. The molecule has 8 heteroatoms. The van der Waals surface area contributed by atoms with Gasteiger partial charge < -0.3 is 0 Å². The molecular weight excluding hydrogens is 270 g/mol.